The first-order valence-electron chi connectivity index (χ1n) is 7.95. The molecule has 120 valence electrons. The van der Waals surface area contributed by atoms with Crippen molar-refractivity contribution in [1.82, 2.24) is 10.2 Å². The molecule has 21 heavy (non-hydrogen) atoms. The molecule has 2 rings (SSSR count). The van der Waals surface area contributed by atoms with Gasteiger partial charge in [0.15, 0.2) is 0 Å². The Balaban J connectivity index is 0.00000220. The van der Waals surface area contributed by atoms with Crippen LogP contribution in [0.5, 0.6) is 0 Å². The molecular formula is C18H31ClN2. The summed E-state index contributed by atoms with van der Waals surface area (Å²) in [5.74, 6) is 0.822. The largest absolute Gasteiger partial charge is 0.319 e. The molecule has 0 aliphatic carbocycles. The fourth-order valence-electron chi connectivity index (χ4n) is 3.12. The van der Waals surface area contributed by atoms with Crippen molar-refractivity contribution in [1.29, 1.82) is 0 Å². The number of likely N-dealkylation sites (tertiary alicyclic amines) is 1. The van der Waals surface area contributed by atoms with Crippen LogP contribution >= 0.6 is 12.4 Å². The maximum atomic E-state index is 3.32. The summed E-state index contributed by atoms with van der Waals surface area (Å²) >= 11 is 0. The lowest BCUT2D eigenvalue weighted by Crippen LogP contribution is -2.38. The molecule has 1 aliphatic heterocycles. The first kappa shape index (κ1) is 18.5. The maximum Gasteiger partial charge on any atom is 0.0233 e. The topological polar surface area (TPSA) is 15.3 Å². The summed E-state index contributed by atoms with van der Waals surface area (Å²) in [5.41, 5.74) is 3.12. The normalized spacial score (nSPS) is 20.1. The average molecular weight is 311 g/mol. The lowest BCUT2D eigenvalue weighted by molar-refractivity contribution is 0.167. The number of halogens is 1. The molecule has 2 nitrogen and oxygen atoms in total. The van der Waals surface area contributed by atoms with Gasteiger partial charge in [0.1, 0.15) is 0 Å². The number of rotatable bonds is 4. The molecule has 1 saturated heterocycles. The molecule has 1 heterocycles. The number of nitrogens with one attached hydrogen (secondary N) is 1. The number of piperidine rings is 1. The predicted octanol–water partition coefficient (Wildman–Crippen LogP) is 3.84. The highest BCUT2D eigenvalue weighted by molar-refractivity contribution is 5.85. The first-order valence-corrected chi connectivity index (χ1v) is 7.95. The quantitative estimate of drug-likeness (QED) is 0.909. The van der Waals surface area contributed by atoms with E-state index < -0.39 is 0 Å². The standard InChI is InChI=1S/C18H30N2.ClH/c1-18(2,3)17-9-7-15(8-10-17)13-20-11-5-6-16(14-20)12-19-4;/h7-10,16,19H,5-6,11-14H2,1-4H3;1H. The highest BCUT2D eigenvalue weighted by Crippen LogP contribution is 2.23. The molecule has 1 atom stereocenters. The molecule has 0 aromatic heterocycles. The van der Waals surface area contributed by atoms with E-state index in [4.69, 9.17) is 0 Å². The summed E-state index contributed by atoms with van der Waals surface area (Å²) < 4.78 is 0. The van der Waals surface area contributed by atoms with Crippen LogP contribution in [0.15, 0.2) is 24.3 Å². The van der Waals surface area contributed by atoms with Crippen molar-refractivity contribution < 1.29 is 0 Å². The number of benzene rings is 1. The molecule has 1 unspecified atom stereocenters. The van der Waals surface area contributed by atoms with E-state index in [0.29, 0.717) is 0 Å². The van der Waals surface area contributed by atoms with Gasteiger partial charge in [-0.2, -0.15) is 0 Å². The molecule has 0 amide bonds. The number of nitrogens with zero attached hydrogens (tertiary/aromatic N) is 1. The molecule has 1 fully saturated rings. The first-order chi connectivity index (χ1) is 9.49. The Kier molecular flexibility index (Phi) is 7.19. The van der Waals surface area contributed by atoms with E-state index in [1.807, 2.05) is 0 Å². The Morgan fingerprint density at radius 1 is 1.19 bits per heavy atom. The van der Waals surface area contributed by atoms with E-state index >= 15 is 0 Å². The Labute approximate surface area is 136 Å². The molecule has 1 aromatic carbocycles. The van der Waals surface area contributed by atoms with Gasteiger partial charge in [-0.05, 0) is 55.4 Å². The summed E-state index contributed by atoms with van der Waals surface area (Å²) in [4.78, 5) is 2.61. The molecule has 1 aliphatic rings. The monoisotopic (exact) mass is 310 g/mol. The van der Waals surface area contributed by atoms with E-state index in [9.17, 15) is 0 Å². The molecular weight excluding hydrogens is 280 g/mol. The fraction of sp³-hybridized carbons (Fsp3) is 0.667. The lowest BCUT2D eigenvalue weighted by atomic mass is 9.86. The van der Waals surface area contributed by atoms with Gasteiger partial charge in [0.25, 0.3) is 0 Å². The van der Waals surface area contributed by atoms with Gasteiger partial charge in [-0.15, -0.1) is 12.4 Å². The summed E-state index contributed by atoms with van der Waals surface area (Å²) in [6, 6.07) is 9.21. The van der Waals surface area contributed by atoms with Gasteiger partial charge in [-0.25, -0.2) is 0 Å². The minimum atomic E-state index is 0. The van der Waals surface area contributed by atoms with Crippen LogP contribution in [0.2, 0.25) is 0 Å². The highest BCUT2D eigenvalue weighted by atomic mass is 35.5. The Morgan fingerprint density at radius 2 is 1.86 bits per heavy atom. The van der Waals surface area contributed by atoms with Crippen molar-refractivity contribution in [3.63, 3.8) is 0 Å². The third-order valence-electron chi connectivity index (χ3n) is 4.32. The molecule has 0 spiro atoms. The van der Waals surface area contributed by atoms with Gasteiger partial charge in [0.05, 0.1) is 0 Å². The van der Waals surface area contributed by atoms with Crippen LogP contribution in [0.3, 0.4) is 0 Å². The van der Waals surface area contributed by atoms with Gasteiger partial charge in [0, 0.05) is 13.1 Å². The summed E-state index contributed by atoms with van der Waals surface area (Å²) in [6.45, 7) is 11.6. The SMILES string of the molecule is CNCC1CCCN(Cc2ccc(C(C)(C)C)cc2)C1.Cl. The summed E-state index contributed by atoms with van der Waals surface area (Å²) in [7, 11) is 2.06. The van der Waals surface area contributed by atoms with E-state index in [0.717, 1.165) is 19.0 Å². The van der Waals surface area contributed by atoms with E-state index in [1.54, 1.807) is 0 Å². The molecule has 3 heteroatoms. The van der Waals surface area contributed by atoms with Crippen molar-refractivity contribution in [3.05, 3.63) is 35.4 Å². The molecule has 0 bridgehead atoms. The van der Waals surface area contributed by atoms with Crippen LogP contribution in [0.25, 0.3) is 0 Å². The van der Waals surface area contributed by atoms with Crippen molar-refractivity contribution >= 4 is 12.4 Å². The minimum Gasteiger partial charge on any atom is -0.319 e. The highest BCUT2D eigenvalue weighted by Gasteiger charge is 2.19. The van der Waals surface area contributed by atoms with Crippen LogP contribution in [0.1, 0.15) is 44.7 Å². The smallest absolute Gasteiger partial charge is 0.0233 e. The van der Waals surface area contributed by atoms with Gasteiger partial charge in [-0.3, -0.25) is 4.90 Å². The molecule has 1 aromatic rings. The summed E-state index contributed by atoms with van der Waals surface area (Å²) in [6.07, 6.45) is 2.72. The maximum absolute atomic E-state index is 3.32. The third kappa shape index (κ3) is 5.61. The van der Waals surface area contributed by atoms with E-state index in [-0.39, 0.29) is 17.8 Å². The zero-order valence-corrected chi connectivity index (χ0v) is 14.8. The van der Waals surface area contributed by atoms with Crippen LogP contribution in [0.4, 0.5) is 0 Å². The van der Waals surface area contributed by atoms with E-state index in [2.05, 4.69) is 62.3 Å². The van der Waals surface area contributed by atoms with Crippen LogP contribution in [-0.4, -0.2) is 31.6 Å². The minimum absolute atomic E-state index is 0. The lowest BCUT2D eigenvalue weighted by Gasteiger charge is -2.32. The second-order valence-corrected chi connectivity index (χ2v) is 7.25. The van der Waals surface area contributed by atoms with Gasteiger partial charge < -0.3 is 5.32 Å². The Bertz CT molecular complexity index is 406. The van der Waals surface area contributed by atoms with Crippen molar-refractivity contribution in [2.24, 2.45) is 5.92 Å². The average Bonchev–Trinajstić information content (AvgIpc) is 2.39. The van der Waals surface area contributed by atoms with Crippen LogP contribution in [0, 0.1) is 5.92 Å². The van der Waals surface area contributed by atoms with Crippen molar-refractivity contribution in [2.45, 2.75) is 45.6 Å². The van der Waals surface area contributed by atoms with Crippen molar-refractivity contribution in [3.8, 4) is 0 Å². The zero-order valence-electron chi connectivity index (χ0n) is 14.0. The predicted molar refractivity (Wildman–Crippen MR) is 94.3 cm³/mol. The van der Waals surface area contributed by atoms with Crippen LogP contribution < -0.4 is 5.32 Å². The van der Waals surface area contributed by atoms with Gasteiger partial charge in [0.2, 0.25) is 0 Å². The number of hydrogen-bond donors (Lipinski definition) is 1. The van der Waals surface area contributed by atoms with E-state index in [1.165, 1.54) is 37.1 Å². The zero-order chi connectivity index (χ0) is 14.6. The second-order valence-electron chi connectivity index (χ2n) is 7.25. The third-order valence-corrected chi connectivity index (χ3v) is 4.32. The summed E-state index contributed by atoms with van der Waals surface area (Å²) in [5, 5.41) is 3.32. The Morgan fingerprint density at radius 3 is 2.43 bits per heavy atom. The number of hydrogen-bond acceptors (Lipinski definition) is 2. The fourth-order valence-corrected chi connectivity index (χ4v) is 3.12. The molecule has 1 N–H and O–H groups in total. The van der Waals surface area contributed by atoms with Crippen molar-refractivity contribution in [2.75, 3.05) is 26.7 Å². The van der Waals surface area contributed by atoms with Gasteiger partial charge >= 0.3 is 0 Å². The molecule has 0 saturated carbocycles. The van der Waals surface area contributed by atoms with Gasteiger partial charge in [-0.1, -0.05) is 45.0 Å². The Hall–Kier alpha value is -0.570. The second kappa shape index (κ2) is 8.17. The van der Waals surface area contributed by atoms with Crippen LogP contribution in [-0.2, 0) is 12.0 Å². The molecule has 0 radical (unpaired) electrons.